The zero-order valence-electron chi connectivity index (χ0n) is 20.8. The topological polar surface area (TPSA) is 110 Å². The van der Waals surface area contributed by atoms with Gasteiger partial charge in [-0.1, -0.05) is 6.07 Å². The Kier molecular flexibility index (Phi) is 7.14. The van der Waals surface area contributed by atoms with Crippen LogP contribution >= 0.6 is 0 Å². The number of aliphatic hydroxyl groups excluding tert-OH is 1. The summed E-state index contributed by atoms with van der Waals surface area (Å²) in [6.45, 7) is 4.40. The molecule has 4 aromatic rings. The summed E-state index contributed by atoms with van der Waals surface area (Å²) in [5.41, 5.74) is 3.48. The molecule has 1 amide bonds. The molecule has 0 bridgehead atoms. The molecule has 37 heavy (non-hydrogen) atoms. The molecule has 190 valence electrons. The molecule has 2 aromatic carbocycles. The van der Waals surface area contributed by atoms with E-state index < -0.39 is 6.61 Å². The van der Waals surface area contributed by atoms with Crippen molar-refractivity contribution in [2.24, 2.45) is 0 Å². The van der Waals surface area contributed by atoms with Crippen molar-refractivity contribution in [3.05, 3.63) is 72.3 Å². The number of hydrogen-bond acceptors (Lipinski definition) is 8. The maximum atomic E-state index is 12.1. The number of ether oxygens (including phenoxy) is 2. The number of carbonyl (C=O) groups excluding carboxylic acids is 1. The Morgan fingerprint density at radius 3 is 2.78 bits per heavy atom. The van der Waals surface area contributed by atoms with Gasteiger partial charge in [0.25, 0.3) is 0 Å². The van der Waals surface area contributed by atoms with Gasteiger partial charge in [-0.3, -0.25) is 9.78 Å². The number of pyridine rings is 1. The number of aromatic nitrogens is 3. The van der Waals surface area contributed by atoms with Crippen molar-refractivity contribution >= 4 is 28.3 Å². The van der Waals surface area contributed by atoms with Crippen LogP contribution in [-0.2, 0) is 4.79 Å². The maximum absolute atomic E-state index is 12.1. The highest BCUT2D eigenvalue weighted by Crippen LogP contribution is 2.34. The van der Waals surface area contributed by atoms with Gasteiger partial charge >= 0.3 is 0 Å². The van der Waals surface area contributed by atoms with E-state index in [1.807, 2.05) is 62.4 Å². The third-order valence-electron chi connectivity index (χ3n) is 6.44. The summed E-state index contributed by atoms with van der Waals surface area (Å²) in [6, 6.07) is 15.2. The number of amides is 1. The summed E-state index contributed by atoms with van der Waals surface area (Å²) in [4.78, 5) is 26.9. The van der Waals surface area contributed by atoms with Crippen molar-refractivity contribution in [2.75, 3.05) is 25.1 Å². The maximum Gasteiger partial charge on any atom is 0.248 e. The molecule has 1 aliphatic rings. The van der Waals surface area contributed by atoms with Crippen molar-refractivity contribution in [1.82, 2.24) is 19.9 Å². The quantitative estimate of drug-likeness (QED) is 0.364. The normalized spacial score (nSPS) is 15.1. The van der Waals surface area contributed by atoms with E-state index in [1.165, 1.54) is 6.33 Å². The van der Waals surface area contributed by atoms with Gasteiger partial charge < -0.3 is 24.8 Å². The second kappa shape index (κ2) is 10.8. The summed E-state index contributed by atoms with van der Waals surface area (Å²) >= 11 is 0. The monoisotopic (exact) mass is 499 g/mol. The molecule has 0 radical (unpaired) electrons. The summed E-state index contributed by atoms with van der Waals surface area (Å²) in [6.07, 6.45) is 4.96. The third-order valence-corrected chi connectivity index (χ3v) is 6.44. The van der Waals surface area contributed by atoms with Crippen molar-refractivity contribution in [1.29, 1.82) is 0 Å². The van der Waals surface area contributed by atoms with Crippen LogP contribution in [0.15, 0.2) is 61.1 Å². The fourth-order valence-electron chi connectivity index (χ4n) is 4.53. The highest BCUT2D eigenvalue weighted by Gasteiger charge is 2.29. The number of anilines is 2. The van der Waals surface area contributed by atoms with Crippen LogP contribution in [0.1, 0.15) is 24.1 Å². The SMILES string of the molecule is Cc1ccc(Oc2ccc(Nc3ncnc4cccc(OCC5CCCN5C(=O)CO)c34)cc2C)cn1. The van der Waals surface area contributed by atoms with E-state index in [0.29, 0.717) is 30.5 Å². The first-order chi connectivity index (χ1) is 18.0. The van der Waals surface area contributed by atoms with E-state index >= 15 is 0 Å². The lowest BCUT2D eigenvalue weighted by Gasteiger charge is -2.24. The van der Waals surface area contributed by atoms with Gasteiger partial charge in [0.15, 0.2) is 0 Å². The average molecular weight is 500 g/mol. The van der Waals surface area contributed by atoms with Crippen LogP contribution in [0, 0.1) is 13.8 Å². The number of nitrogens with zero attached hydrogens (tertiary/aromatic N) is 4. The van der Waals surface area contributed by atoms with Crippen LogP contribution in [0.3, 0.4) is 0 Å². The second-order valence-corrected chi connectivity index (χ2v) is 9.07. The molecule has 0 saturated carbocycles. The molecule has 1 saturated heterocycles. The molecular weight excluding hydrogens is 470 g/mol. The molecule has 1 atom stereocenters. The van der Waals surface area contributed by atoms with E-state index in [0.717, 1.165) is 46.4 Å². The molecule has 9 heteroatoms. The molecule has 2 aromatic heterocycles. The summed E-state index contributed by atoms with van der Waals surface area (Å²) < 4.78 is 12.2. The molecule has 5 rings (SSSR count). The van der Waals surface area contributed by atoms with Crippen molar-refractivity contribution in [2.45, 2.75) is 32.7 Å². The van der Waals surface area contributed by atoms with Gasteiger partial charge in [-0.2, -0.15) is 0 Å². The molecule has 0 spiro atoms. The van der Waals surface area contributed by atoms with Crippen molar-refractivity contribution in [3.8, 4) is 17.2 Å². The molecular formula is C28H29N5O4. The Morgan fingerprint density at radius 2 is 2.00 bits per heavy atom. The van der Waals surface area contributed by atoms with E-state index in [9.17, 15) is 9.90 Å². The van der Waals surface area contributed by atoms with Gasteiger partial charge in [-0.05, 0) is 74.7 Å². The highest BCUT2D eigenvalue weighted by atomic mass is 16.5. The minimum atomic E-state index is -0.488. The summed E-state index contributed by atoms with van der Waals surface area (Å²) in [5, 5.41) is 13.4. The Balaban J connectivity index is 1.36. The van der Waals surface area contributed by atoms with Crippen LogP contribution < -0.4 is 14.8 Å². The Hall–Kier alpha value is -4.24. The molecule has 9 nitrogen and oxygen atoms in total. The lowest BCUT2D eigenvalue weighted by molar-refractivity contribution is -0.135. The number of hydrogen-bond donors (Lipinski definition) is 2. The van der Waals surface area contributed by atoms with E-state index in [1.54, 1.807) is 11.1 Å². The molecule has 3 heterocycles. The van der Waals surface area contributed by atoms with Gasteiger partial charge in [0.2, 0.25) is 5.91 Å². The zero-order chi connectivity index (χ0) is 25.8. The average Bonchev–Trinajstić information content (AvgIpc) is 3.38. The zero-order valence-corrected chi connectivity index (χ0v) is 20.8. The van der Waals surface area contributed by atoms with Crippen LogP contribution in [0.4, 0.5) is 11.5 Å². The first-order valence-corrected chi connectivity index (χ1v) is 12.3. The van der Waals surface area contributed by atoms with Crippen molar-refractivity contribution < 1.29 is 19.4 Å². The second-order valence-electron chi connectivity index (χ2n) is 9.07. The molecule has 0 aliphatic carbocycles. The number of fused-ring (bicyclic) bond motifs is 1. The van der Waals surface area contributed by atoms with E-state index in [4.69, 9.17) is 9.47 Å². The molecule has 1 aliphatic heterocycles. The largest absolute Gasteiger partial charge is 0.491 e. The fourth-order valence-corrected chi connectivity index (χ4v) is 4.53. The van der Waals surface area contributed by atoms with Gasteiger partial charge in [0, 0.05) is 17.9 Å². The number of likely N-dealkylation sites (tertiary alicyclic amines) is 1. The first kappa shape index (κ1) is 24.5. The van der Waals surface area contributed by atoms with Gasteiger partial charge in [0.05, 0.1) is 23.1 Å². The van der Waals surface area contributed by atoms with Gasteiger partial charge in [0.1, 0.15) is 42.6 Å². The van der Waals surface area contributed by atoms with Gasteiger partial charge in [-0.15, -0.1) is 0 Å². The van der Waals surface area contributed by atoms with E-state index in [2.05, 4.69) is 20.3 Å². The molecule has 2 N–H and O–H groups in total. The number of rotatable bonds is 8. The highest BCUT2D eigenvalue weighted by molar-refractivity contribution is 5.95. The standard InChI is InChI=1S/C28H29N5O4/c1-18-13-20(9-11-24(18)37-22-10-8-19(2)29-14-22)32-28-27-23(30-17-31-28)6-3-7-25(27)36-16-21-5-4-12-33(21)26(35)15-34/h3,6-11,13-14,17,21,34H,4-5,12,15-16H2,1-2H3,(H,30,31,32). The fraction of sp³-hybridized carbons (Fsp3) is 0.286. The van der Waals surface area contributed by atoms with Gasteiger partial charge in [-0.25, -0.2) is 9.97 Å². The van der Waals surface area contributed by atoms with Crippen LogP contribution in [-0.4, -0.2) is 56.7 Å². The number of aryl methyl sites for hydroxylation is 2. The van der Waals surface area contributed by atoms with Crippen molar-refractivity contribution in [3.63, 3.8) is 0 Å². The predicted octanol–water partition coefficient (Wildman–Crippen LogP) is 4.54. The number of aliphatic hydroxyl groups is 1. The smallest absolute Gasteiger partial charge is 0.248 e. The lowest BCUT2D eigenvalue weighted by Crippen LogP contribution is -2.40. The minimum Gasteiger partial charge on any atom is -0.491 e. The number of benzene rings is 2. The Bertz CT molecular complexity index is 1400. The molecule has 1 fully saturated rings. The number of nitrogens with one attached hydrogen (secondary N) is 1. The Morgan fingerprint density at radius 1 is 1.11 bits per heavy atom. The summed E-state index contributed by atoms with van der Waals surface area (Å²) in [5.74, 6) is 2.40. The predicted molar refractivity (Wildman–Crippen MR) is 140 cm³/mol. The number of carbonyl (C=O) groups is 1. The van der Waals surface area contributed by atoms with Crippen LogP contribution in [0.2, 0.25) is 0 Å². The molecule has 1 unspecified atom stereocenters. The lowest BCUT2D eigenvalue weighted by atomic mass is 10.1. The Labute approximate surface area is 215 Å². The van der Waals surface area contributed by atoms with E-state index in [-0.39, 0.29) is 11.9 Å². The first-order valence-electron chi connectivity index (χ1n) is 12.3. The summed E-state index contributed by atoms with van der Waals surface area (Å²) in [7, 11) is 0. The minimum absolute atomic E-state index is 0.0742. The van der Waals surface area contributed by atoms with Crippen LogP contribution in [0.5, 0.6) is 17.2 Å². The van der Waals surface area contributed by atoms with Crippen LogP contribution in [0.25, 0.3) is 10.9 Å². The third kappa shape index (κ3) is 5.46.